The van der Waals surface area contributed by atoms with Crippen molar-refractivity contribution in [3.8, 4) is 0 Å². The van der Waals surface area contributed by atoms with Crippen molar-refractivity contribution >= 4 is 5.97 Å². The van der Waals surface area contributed by atoms with Gasteiger partial charge in [-0.05, 0) is 13.0 Å². The normalized spacial score (nSPS) is 10.8. The highest BCUT2D eigenvalue weighted by Gasteiger charge is 1.95. The molecule has 0 aromatic heterocycles. The fourth-order valence-corrected chi connectivity index (χ4v) is 2.01. The summed E-state index contributed by atoms with van der Waals surface area (Å²) in [5, 5.41) is 14.9. The van der Waals surface area contributed by atoms with Crippen LogP contribution in [0.25, 0.3) is 0 Å². The zero-order valence-corrected chi connectivity index (χ0v) is 12.5. The fourth-order valence-electron chi connectivity index (χ4n) is 2.01. The van der Waals surface area contributed by atoms with Crippen molar-refractivity contribution in [2.24, 2.45) is 0 Å². The lowest BCUT2D eigenvalue weighted by Gasteiger charge is -2.06. The van der Waals surface area contributed by atoms with Gasteiger partial charge < -0.3 is 15.7 Å². The number of nitrogens with one attached hydrogen (secondary N) is 2. The van der Waals surface area contributed by atoms with Crippen molar-refractivity contribution in [2.75, 3.05) is 26.2 Å². The Bertz CT molecular complexity index is 199. The molecular formula is C15H32N2O2. The third kappa shape index (κ3) is 17.4. The van der Waals surface area contributed by atoms with Crippen LogP contribution >= 0.6 is 0 Å². The summed E-state index contributed by atoms with van der Waals surface area (Å²) >= 11 is 0. The van der Waals surface area contributed by atoms with Gasteiger partial charge in [-0.1, -0.05) is 51.9 Å². The molecule has 0 aliphatic rings. The maximum Gasteiger partial charge on any atom is 0.304 e. The number of hydrogen-bond acceptors (Lipinski definition) is 3. The highest BCUT2D eigenvalue weighted by molar-refractivity contribution is 5.66. The van der Waals surface area contributed by atoms with E-state index < -0.39 is 5.97 Å². The smallest absolute Gasteiger partial charge is 0.304 e. The van der Waals surface area contributed by atoms with Crippen molar-refractivity contribution in [2.45, 2.75) is 64.7 Å². The van der Waals surface area contributed by atoms with Crippen LogP contribution in [0.4, 0.5) is 0 Å². The van der Waals surface area contributed by atoms with Crippen LogP contribution in [0.1, 0.15) is 64.7 Å². The van der Waals surface area contributed by atoms with Gasteiger partial charge in [-0.2, -0.15) is 0 Å². The number of hydrogen-bond donors (Lipinski definition) is 3. The first-order valence-electron chi connectivity index (χ1n) is 7.90. The van der Waals surface area contributed by atoms with E-state index in [9.17, 15) is 4.79 Å². The number of carbonyl (C=O) groups is 1. The van der Waals surface area contributed by atoms with E-state index in [1.165, 1.54) is 51.4 Å². The van der Waals surface area contributed by atoms with Gasteiger partial charge in [0.15, 0.2) is 0 Å². The van der Waals surface area contributed by atoms with Crippen LogP contribution in [-0.2, 0) is 4.79 Å². The summed E-state index contributed by atoms with van der Waals surface area (Å²) in [5.74, 6) is -0.737. The zero-order chi connectivity index (χ0) is 14.2. The number of rotatable bonds is 15. The molecule has 0 aliphatic carbocycles. The quantitative estimate of drug-likeness (QED) is 0.401. The Kier molecular flexibility index (Phi) is 15.0. The summed E-state index contributed by atoms with van der Waals surface area (Å²) in [4.78, 5) is 10.3. The van der Waals surface area contributed by atoms with Crippen molar-refractivity contribution in [3.63, 3.8) is 0 Å². The van der Waals surface area contributed by atoms with E-state index in [0.29, 0.717) is 6.54 Å². The van der Waals surface area contributed by atoms with E-state index in [-0.39, 0.29) is 6.42 Å². The molecule has 0 saturated carbocycles. The molecule has 0 spiro atoms. The van der Waals surface area contributed by atoms with Gasteiger partial charge in [0.05, 0.1) is 6.42 Å². The number of unbranched alkanes of at least 4 members (excludes halogenated alkanes) is 7. The molecule has 4 heteroatoms. The molecule has 0 unspecified atom stereocenters. The highest BCUT2D eigenvalue weighted by atomic mass is 16.4. The average Bonchev–Trinajstić information content (AvgIpc) is 2.39. The Morgan fingerprint density at radius 3 is 1.89 bits per heavy atom. The second kappa shape index (κ2) is 15.4. The Morgan fingerprint density at radius 1 is 0.789 bits per heavy atom. The third-order valence-corrected chi connectivity index (χ3v) is 3.20. The van der Waals surface area contributed by atoms with Crippen LogP contribution in [0.15, 0.2) is 0 Å². The molecule has 0 aliphatic heterocycles. The van der Waals surface area contributed by atoms with E-state index in [1.807, 2.05) is 0 Å². The first-order valence-corrected chi connectivity index (χ1v) is 7.90. The van der Waals surface area contributed by atoms with Crippen molar-refractivity contribution in [1.29, 1.82) is 0 Å². The summed E-state index contributed by atoms with van der Waals surface area (Å²) < 4.78 is 0. The van der Waals surface area contributed by atoms with Gasteiger partial charge >= 0.3 is 5.97 Å². The summed E-state index contributed by atoms with van der Waals surface area (Å²) in [6.45, 7) is 5.67. The monoisotopic (exact) mass is 272 g/mol. The molecule has 0 fully saturated rings. The first kappa shape index (κ1) is 18.4. The minimum Gasteiger partial charge on any atom is -0.481 e. The van der Waals surface area contributed by atoms with Crippen molar-refractivity contribution in [1.82, 2.24) is 10.6 Å². The maximum atomic E-state index is 10.3. The summed E-state index contributed by atoms with van der Waals surface area (Å²) in [5.41, 5.74) is 0. The molecule has 0 atom stereocenters. The van der Waals surface area contributed by atoms with Crippen LogP contribution in [0.2, 0.25) is 0 Å². The lowest BCUT2D eigenvalue weighted by Crippen LogP contribution is -2.29. The molecule has 0 heterocycles. The zero-order valence-electron chi connectivity index (χ0n) is 12.5. The van der Waals surface area contributed by atoms with E-state index in [4.69, 9.17) is 5.11 Å². The summed E-state index contributed by atoms with van der Waals surface area (Å²) in [6.07, 6.45) is 11.0. The van der Waals surface area contributed by atoms with Crippen molar-refractivity contribution in [3.05, 3.63) is 0 Å². The minimum atomic E-state index is -0.737. The molecule has 0 amide bonds. The molecule has 0 aromatic rings. The lowest BCUT2D eigenvalue weighted by molar-refractivity contribution is -0.136. The predicted octanol–water partition coefficient (Wildman–Crippen LogP) is 2.78. The van der Waals surface area contributed by atoms with Crippen LogP contribution in [0.5, 0.6) is 0 Å². The molecular weight excluding hydrogens is 240 g/mol. The van der Waals surface area contributed by atoms with Gasteiger partial charge in [0, 0.05) is 19.6 Å². The largest absolute Gasteiger partial charge is 0.481 e. The second-order valence-corrected chi connectivity index (χ2v) is 5.12. The minimum absolute atomic E-state index is 0.206. The van der Waals surface area contributed by atoms with Crippen LogP contribution in [0.3, 0.4) is 0 Å². The Labute approximate surface area is 118 Å². The molecule has 3 N–H and O–H groups in total. The number of carboxylic acid groups (broad SMARTS) is 1. The maximum absolute atomic E-state index is 10.3. The Balaban J connectivity index is 2.93. The number of aliphatic carboxylic acids is 1. The number of carboxylic acids is 1. The standard InChI is InChI=1S/C15H32N2O2/c1-2-3-4-5-6-7-8-9-11-16-13-14-17-12-10-15(18)19/h16-17H,2-14H2,1H3,(H,18,19). The molecule has 0 bridgehead atoms. The van der Waals surface area contributed by atoms with Gasteiger partial charge in [-0.3, -0.25) is 4.79 Å². The molecule has 0 aromatic carbocycles. The third-order valence-electron chi connectivity index (χ3n) is 3.20. The molecule has 4 nitrogen and oxygen atoms in total. The average molecular weight is 272 g/mol. The van der Waals surface area contributed by atoms with Crippen LogP contribution in [-0.4, -0.2) is 37.3 Å². The van der Waals surface area contributed by atoms with Gasteiger partial charge in [0.25, 0.3) is 0 Å². The van der Waals surface area contributed by atoms with Gasteiger partial charge in [0.1, 0.15) is 0 Å². The van der Waals surface area contributed by atoms with Gasteiger partial charge in [-0.25, -0.2) is 0 Å². The fraction of sp³-hybridized carbons (Fsp3) is 0.933. The predicted molar refractivity (Wildman–Crippen MR) is 80.6 cm³/mol. The summed E-state index contributed by atoms with van der Waals surface area (Å²) in [6, 6.07) is 0. The van der Waals surface area contributed by atoms with Gasteiger partial charge in [-0.15, -0.1) is 0 Å². The van der Waals surface area contributed by atoms with E-state index in [2.05, 4.69) is 17.6 Å². The SMILES string of the molecule is CCCCCCCCCCNCCNCCC(=O)O. The van der Waals surface area contributed by atoms with E-state index >= 15 is 0 Å². The lowest BCUT2D eigenvalue weighted by atomic mass is 10.1. The van der Waals surface area contributed by atoms with E-state index in [0.717, 1.165) is 19.6 Å². The molecule has 0 rings (SSSR count). The van der Waals surface area contributed by atoms with Crippen LogP contribution < -0.4 is 10.6 Å². The topological polar surface area (TPSA) is 61.4 Å². The first-order chi connectivity index (χ1) is 9.27. The second-order valence-electron chi connectivity index (χ2n) is 5.12. The van der Waals surface area contributed by atoms with E-state index in [1.54, 1.807) is 0 Å². The molecule has 114 valence electrons. The summed E-state index contributed by atoms with van der Waals surface area (Å²) in [7, 11) is 0. The Hall–Kier alpha value is -0.610. The molecule has 0 radical (unpaired) electrons. The molecule has 19 heavy (non-hydrogen) atoms. The van der Waals surface area contributed by atoms with Crippen LogP contribution in [0, 0.1) is 0 Å². The van der Waals surface area contributed by atoms with Crippen molar-refractivity contribution < 1.29 is 9.90 Å². The molecule has 0 saturated heterocycles. The Morgan fingerprint density at radius 2 is 1.32 bits per heavy atom. The van der Waals surface area contributed by atoms with Gasteiger partial charge in [0.2, 0.25) is 0 Å². The highest BCUT2D eigenvalue weighted by Crippen LogP contribution is 2.07.